The third-order valence-electron chi connectivity index (χ3n) is 5.08. The number of benzene rings is 2. The molecule has 1 aliphatic rings. The normalized spacial score (nSPS) is 14.6. The first-order valence-electron chi connectivity index (χ1n) is 9.33. The van der Waals surface area contributed by atoms with Crippen molar-refractivity contribution in [1.29, 1.82) is 0 Å². The maximum Gasteiger partial charge on any atom is 0.225 e. The molecule has 2 aromatic rings. The summed E-state index contributed by atoms with van der Waals surface area (Å²) in [4.78, 5) is 12.4. The second-order valence-corrected chi connectivity index (χ2v) is 9.02. The standard InChI is InChI=1S/C21H26N2O3S/c1-3-17-10-6-7-16(2)21(17)22-20(24)12-14-27(25,26)23-13-11-18-8-4-5-9-19(18)15-23/h4-10H,3,11-15H2,1-2H3,(H,22,24). The molecule has 27 heavy (non-hydrogen) atoms. The molecule has 0 bridgehead atoms. The zero-order chi connectivity index (χ0) is 19.4. The number of hydrogen-bond donors (Lipinski definition) is 1. The summed E-state index contributed by atoms with van der Waals surface area (Å²) in [6.45, 7) is 4.83. The molecule has 5 nitrogen and oxygen atoms in total. The van der Waals surface area contributed by atoms with Gasteiger partial charge >= 0.3 is 0 Å². The Morgan fingerprint density at radius 2 is 1.85 bits per heavy atom. The molecule has 0 radical (unpaired) electrons. The SMILES string of the molecule is CCc1cccc(C)c1NC(=O)CCS(=O)(=O)N1CCc2ccccc2C1. The first-order chi connectivity index (χ1) is 12.9. The average molecular weight is 387 g/mol. The van der Waals surface area contributed by atoms with Crippen LogP contribution in [0, 0.1) is 6.92 Å². The van der Waals surface area contributed by atoms with E-state index < -0.39 is 10.0 Å². The van der Waals surface area contributed by atoms with E-state index in [1.165, 1.54) is 9.87 Å². The van der Waals surface area contributed by atoms with Gasteiger partial charge in [0.1, 0.15) is 0 Å². The van der Waals surface area contributed by atoms with Gasteiger partial charge in [-0.15, -0.1) is 0 Å². The lowest BCUT2D eigenvalue weighted by molar-refractivity contribution is -0.115. The maximum absolute atomic E-state index is 12.7. The molecule has 0 saturated heterocycles. The van der Waals surface area contributed by atoms with E-state index in [0.717, 1.165) is 28.8 Å². The highest BCUT2D eigenvalue weighted by Crippen LogP contribution is 2.23. The van der Waals surface area contributed by atoms with Gasteiger partial charge in [0, 0.05) is 25.2 Å². The first-order valence-corrected chi connectivity index (χ1v) is 10.9. The molecule has 1 heterocycles. The Labute approximate surface area is 161 Å². The van der Waals surface area contributed by atoms with E-state index in [1.54, 1.807) is 0 Å². The van der Waals surface area contributed by atoms with E-state index in [1.807, 2.05) is 56.3 Å². The van der Waals surface area contributed by atoms with Crippen molar-refractivity contribution in [1.82, 2.24) is 4.31 Å². The number of rotatable bonds is 6. The second-order valence-electron chi connectivity index (χ2n) is 6.93. The van der Waals surface area contributed by atoms with E-state index >= 15 is 0 Å². The number of para-hydroxylation sites is 1. The molecule has 0 aromatic heterocycles. The second kappa shape index (κ2) is 8.23. The van der Waals surface area contributed by atoms with Crippen LogP contribution in [0.15, 0.2) is 42.5 Å². The lowest BCUT2D eigenvalue weighted by Gasteiger charge is -2.28. The van der Waals surface area contributed by atoms with Crippen LogP contribution in [0.5, 0.6) is 0 Å². The summed E-state index contributed by atoms with van der Waals surface area (Å²) < 4.78 is 26.9. The number of anilines is 1. The number of sulfonamides is 1. The molecule has 1 aliphatic heterocycles. The number of aryl methyl sites for hydroxylation is 2. The molecule has 144 valence electrons. The molecular formula is C21H26N2O3S. The molecule has 0 spiro atoms. The summed E-state index contributed by atoms with van der Waals surface area (Å²) in [6.07, 6.45) is 1.48. The van der Waals surface area contributed by atoms with Crippen molar-refractivity contribution >= 4 is 21.6 Å². The van der Waals surface area contributed by atoms with Crippen molar-refractivity contribution in [3.8, 4) is 0 Å². The molecule has 0 unspecified atom stereocenters. The molecule has 0 aliphatic carbocycles. The van der Waals surface area contributed by atoms with E-state index in [9.17, 15) is 13.2 Å². The van der Waals surface area contributed by atoms with E-state index in [0.29, 0.717) is 19.5 Å². The van der Waals surface area contributed by atoms with Crippen molar-refractivity contribution < 1.29 is 13.2 Å². The van der Waals surface area contributed by atoms with Gasteiger partial charge in [-0.3, -0.25) is 4.79 Å². The van der Waals surface area contributed by atoms with Crippen molar-refractivity contribution in [3.63, 3.8) is 0 Å². The van der Waals surface area contributed by atoms with Crippen LogP contribution in [0.4, 0.5) is 5.69 Å². The van der Waals surface area contributed by atoms with Crippen LogP contribution in [0.3, 0.4) is 0 Å². The van der Waals surface area contributed by atoms with E-state index in [-0.39, 0.29) is 18.1 Å². The van der Waals surface area contributed by atoms with Crippen LogP contribution in [0.1, 0.15) is 35.6 Å². The number of nitrogens with zero attached hydrogens (tertiary/aromatic N) is 1. The Bertz CT molecular complexity index is 938. The summed E-state index contributed by atoms with van der Waals surface area (Å²) in [5.74, 6) is -0.436. The Morgan fingerprint density at radius 1 is 1.11 bits per heavy atom. The third kappa shape index (κ3) is 4.57. The average Bonchev–Trinajstić information content (AvgIpc) is 2.67. The predicted molar refractivity (Wildman–Crippen MR) is 108 cm³/mol. The summed E-state index contributed by atoms with van der Waals surface area (Å²) >= 11 is 0. The third-order valence-corrected chi connectivity index (χ3v) is 6.90. The van der Waals surface area contributed by atoms with Gasteiger partial charge in [-0.05, 0) is 42.0 Å². The van der Waals surface area contributed by atoms with Gasteiger partial charge in [0.15, 0.2) is 0 Å². The minimum atomic E-state index is -3.47. The summed E-state index contributed by atoms with van der Waals surface area (Å²) in [7, 11) is -3.47. The fourth-order valence-electron chi connectivity index (χ4n) is 3.46. The van der Waals surface area contributed by atoms with Crippen molar-refractivity contribution in [3.05, 3.63) is 64.7 Å². The van der Waals surface area contributed by atoms with Crippen LogP contribution in [0.25, 0.3) is 0 Å². The Kier molecular flexibility index (Phi) is 5.97. The van der Waals surface area contributed by atoms with Crippen molar-refractivity contribution in [2.75, 3.05) is 17.6 Å². The van der Waals surface area contributed by atoms with E-state index in [4.69, 9.17) is 0 Å². The fraction of sp³-hybridized carbons (Fsp3) is 0.381. The van der Waals surface area contributed by atoms with Crippen molar-refractivity contribution in [2.45, 2.75) is 39.7 Å². The summed E-state index contributed by atoms with van der Waals surface area (Å²) in [5.41, 5.74) is 5.09. The predicted octanol–water partition coefficient (Wildman–Crippen LogP) is 3.27. The Balaban J connectivity index is 1.62. The Morgan fingerprint density at radius 3 is 2.59 bits per heavy atom. The number of carbonyl (C=O) groups excluding carboxylic acids is 1. The lowest BCUT2D eigenvalue weighted by atomic mass is 10.0. The molecule has 1 N–H and O–H groups in total. The molecule has 3 rings (SSSR count). The largest absolute Gasteiger partial charge is 0.326 e. The smallest absolute Gasteiger partial charge is 0.225 e. The van der Waals surface area contributed by atoms with E-state index in [2.05, 4.69) is 5.32 Å². The number of fused-ring (bicyclic) bond motifs is 1. The molecular weight excluding hydrogens is 360 g/mol. The van der Waals surface area contributed by atoms with Gasteiger partial charge < -0.3 is 5.32 Å². The quantitative estimate of drug-likeness (QED) is 0.829. The highest BCUT2D eigenvalue weighted by atomic mass is 32.2. The van der Waals surface area contributed by atoms with Gasteiger partial charge in [0.05, 0.1) is 5.75 Å². The number of hydrogen-bond acceptors (Lipinski definition) is 3. The molecule has 0 atom stereocenters. The topological polar surface area (TPSA) is 66.5 Å². The molecule has 1 amide bonds. The van der Waals surface area contributed by atoms with Gasteiger partial charge in [-0.25, -0.2) is 8.42 Å². The zero-order valence-electron chi connectivity index (χ0n) is 15.9. The fourth-order valence-corrected chi connectivity index (χ4v) is 4.87. The minimum absolute atomic E-state index is 0.0437. The molecule has 0 saturated carbocycles. The summed E-state index contributed by atoms with van der Waals surface area (Å²) in [5, 5.41) is 2.90. The lowest BCUT2D eigenvalue weighted by Crippen LogP contribution is -2.38. The highest BCUT2D eigenvalue weighted by molar-refractivity contribution is 7.89. The first kappa shape index (κ1) is 19.6. The number of amides is 1. The van der Waals surface area contributed by atoms with Crippen molar-refractivity contribution in [2.24, 2.45) is 0 Å². The highest BCUT2D eigenvalue weighted by Gasteiger charge is 2.27. The maximum atomic E-state index is 12.7. The van der Waals surface area contributed by atoms with Gasteiger partial charge in [-0.1, -0.05) is 49.4 Å². The van der Waals surface area contributed by atoms with Crippen LogP contribution >= 0.6 is 0 Å². The van der Waals surface area contributed by atoms with Crippen LogP contribution in [-0.2, 0) is 34.2 Å². The van der Waals surface area contributed by atoms with Crippen LogP contribution < -0.4 is 5.32 Å². The van der Waals surface area contributed by atoms with Gasteiger partial charge in [0.25, 0.3) is 0 Å². The molecule has 0 fully saturated rings. The number of carbonyl (C=O) groups is 1. The number of nitrogens with one attached hydrogen (secondary N) is 1. The monoisotopic (exact) mass is 386 g/mol. The van der Waals surface area contributed by atoms with Crippen LogP contribution in [0.2, 0.25) is 0 Å². The Hall–Kier alpha value is -2.18. The molecule has 2 aromatic carbocycles. The van der Waals surface area contributed by atoms with Crippen LogP contribution in [-0.4, -0.2) is 30.9 Å². The zero-order valence-corrected chi connectivity index (χ0v) is 16.7. The summed E-state index contributed by atoms with van der Waals surface area (Å²) in [6, 6.07) is 13.8. The minimum Gasteiger partial charge on any atom is -0.326 e. The van der Waals surface area contributed by atoms with Gasteiger partial charge in [-0.2, -0.15) is 4.31 Å². The molecule has 6 heteroatoms. The van der Waals surface area contributed by atoms with Gasteiger partial charge in [0.2, 0.25) is 15.9 Å².